The van der Waals surface area contributed by atoms with E-state index in [0.717, 1.165) is 25.7 Å². The standard InChI is InChI=1S/C25H34O7/c1-5-6-7-8-9-10-17-25(32-20(3)27)18-16-23(28)22(25)13-11-12-21(31-19(2)26)14-15-24(29)30-4/h9-13,16,18,21H,5-8,14-15,17H2,1-4H3/b10-9+,12-11-,22-13-/t21?,25-/m0/s1. The van der Waals surface area contributed by atoms with Crippen molar-refractivity contribution in [3.8, 4) is 0 Å². The van der Waals surface area contributed by atoms with E-state index < -0.39 is 29.6 Å². The molecule has 0 radical (unpaired) electrons. The minimum absolute atomic E-state index is 0.0794. The van der Waals surface area contributed by atoms with E-state index in [1.165, 1.54) is 27.0 Å². The highest BCUT2D eigenvalue weighted by molar-refractivity contribution is 6.09. The lowest BCUT2D eigenvalue weighted by molar-refractivity contribution is -0.149. The molecule has 0 aromatic carbocycles. The molecule has 0 aliphatic heterocycles. The van der Waals surface area contributed by atoms with Crippen molar-refractivity contribution in [3.63, 3.8) is 0 Å². The zero-order chi connectivity index (χ0) is 24.0. The van der Waals surface area contributed by atoms with Gasteiger partial charge in [-0.3, -0.25) is 19.2 Å². The van der Waals surface area contributed by atoms with Crippen LogP contribution in [-0.4, -0.2) is 42.5 Å². The van der Waals surface area contributed by atoms with Crippen LogP contribution in [0, 0.1) is 0 Å². The highest BCUT2D eigenvalue weighted by atomic mass is 16.6. The van der Waals surface area contributed by atoms with Crippen LogP contribution in [0.15, 0.2) is 48.1 Å². The SMILES string of the molecule is CCCCC/C=C/C[C@]1(OC(C)=O)C=CC(=O)/C1=C/C=C\C(CCC(=O)OC)OC(C)=O. The van der Waals surface area contributed by atoms with Gasteiger partial charge in [-0.05, 0) is 37.5 Å². The van der Waals surface area contributed by atoms with Crippen molar-refractivity contribution in [2.24, 2.45) is 0 Å². The minimum Gasteiger partial charge on any atom is -0.469 e. The second-order valence-corrected chi connectivity index (χ2v) is 7.58. The van der Waals surface area contributed by atoms with Crippen LogP contribution < -0.4 is 0 Å². The molecule has 0 aromatic rings. The lowest BCUT2D eigenvalue weighted by Crippen LogP contribution is -2.33. The molecule has 7 heteroatoms. The van der Waals surface area contributed by atoms with Gasteiger partial charge in [0, 0.05) is 32.3 Å². The minimum atomic E-state index is -1.17. The van der Waals surface area contributed by atoms with Gasteiger partial charge in [-0.2, -0.15) is 0 Å². The summed E-state index contributed by atoms with van der Waals surface area (Å²) in [6, 6.07) is 0. The van der Waals surface area contributed by atoms with E-state index in [2.05, 4.69) is 11.7 Å². The van der Waals surface area contributed by atoms with E-state index in [1.54, 1.807) is 24.3 Å². The van der Waals surface area contributed by atoms with Gasteiger partial charge in [0.05, 0.1) is 7.11 Å². The van der Waals surface area contributed by atoms with Crippen LogP contribution in [0.1, 0.15) is 65.7 Å². The average molecular weight is 447 g/mol. The fourth-order valence-corrected chi connectivity index (χ4v) is 3.32. The summed E-state index contributed by atoms with van der Waals surface area (Å²) in [7, 11) is 1.29. The van der Waals surface area contributed by atoms with E-state index in [0.29, 0.717) is 12.0 Å². The number of rotatable bonds is 13. The molecular weight excluding hydrogens is 412 g/mol. The quantitative estimate of drug-likeness (QED) is 0.137. The van der Waals surface area contributed by atoms with Gasteiger partial charge < -0.3 is 14.2 Å². The number of ether oxygens (including phenoxy) is 3. The van der Waals surface area contributed by atoms with Gasteiger partial charge in [0.2, 0.25) is 0 Å². The molecule has 0 spiro atoms. The molecule has 7 nitrogen and oxygen atoms in total. The molecule has 1 rings (SSSR count). The zero-order valence-electron chi connectivity index (χ0n) is 19.4. The number of methoxy groups -OCH3 is 1. The van der Waals surface area contributed by atoms with Crippen molar-refractivity contribution < 1.29 is 33.4 Å². The highest BCUT2D eigenvalue weighted by Gasteiger charge is 2.41. The Kier molecular flexibility index (Phi) is 12.0. The summed E-state index contributed by atoms with van der Waals surface area (Å²) in [6.07, 6.45) is 16.0. The normalized spacial score (nSPS) is 20.2. The van der Waals surface area contributed by atoms with Crippen molar-refractivity contribution in [2.45, 2.75) is 77.4 Å². The first-order chi connectivity index (χ1) is 15.2. The van der Waals surface area contributed by atoms with Crippen LogP contribution in [0.5, 0.6) is 0 Å². The van der Waals surface area contributed by atoms with Gasteiger partial charge in [0.1, 0.15) is 6.10 Å². The molecule has 2 atom stereocenters. The Morgan fingerprint density at radius 3 is 2.50 bits per heavy atom. The van der Waals surface area contributed by atoms with Crippen LogP contribution in [0.25, 0.3) is 0 Å². The summed E-state index contributed by atoms with van der Waals surface area (Å²) in [5, 5.41) is 0. The van der Waals surface area contributed by atoms with Crippen LogP contribution in [0.4, 0.5) is 0 Å². The van der Waals surface area contributed by atoms with E-state index in [1.807, 2.05) is 12.2 Å². The summed E-state index contributed by atoms with van der Waals surface area (Å²) in [5.41, 5.74) is -0.853. The lowest BCUT2D eigenvalue weighted by Gasteiger charge is -2.27. The molecule has 0 saturated heterocycles. The fourth-order valence-electron chi connectivity index (χ4n) is 3.32. The molecule has 1 aliphatic rings. The van der Waals surface area contributed by atoms with Crippen molar-refractivity contribution in [1.82, 2.24) is 0 Å². The van der Waals surface area contributed by atoms with Crippen LogP contribution in [0.3, 0.4) is 0 Å². The largest absolute Gasteiger partial charge is 0.469 e. The maximum Gasteiger partial charge on any atom is 0.305 e. The Bertz CT molecular complexity index is 788. The Hall–Kier alpha value is -2.96. The molecule has 0 heterocycles. The molecule has 0 bridgehead atoms. The van der Waals surface area contributed by atoms with Crippen LogP contribution in [-0.2, 0) is 33.4 Å². The predicted octanol–water partition coefficient (Wildman–Crippen LogP) is 4.32. The highest BCUT2D eigenvalue weighted by Crippen LogP contribution is 2.34. The summed E-state index contributed by atoms with van der Waals surface area (Å²) < 4.78 is 15.4. The van der Waals surface area contributed by atoms with Gasteiger partial charge in [-0.15, -0.1) is 0 Å². The second kappa shape index (κ2) is 14.2. The van der Waals surface area contributed by atoms with Crippen molar-refractivity contribution in [1.29, 1.82) is 0 Å². The third-order valence-corrected chi connectivity index (χ3v) is 4.88. The smallest absolute Gasteiger partial charge is 0.305 e. The van der Waals surface area contributed by atoms with Crippen LogP contribution >= 0.6 is 0 Å². The van der Waals surface area contributed by atoms with Gasteiger partial charge in [-0.25, -0.2) is 0 Å². The number of ketones is 1. The first kappa shape index (κ1) is 27.1. The number of hydrogen-bond donors (Lipinski definition) is 0. The number of hydrogen-bond acceptors (Lipinski definition) is 7. The number of unbranched alkanes of at least 4 members (excludes halogenated alkanes) is 3. The molecule has 0 aromatic heterocycles. The molecule has 0 N–H and O–H groups in total. The fraction of sp³-hybridized carbons (Fsp3) is 0.520. The van der Waals surface area contributed by atoms with Gasteiger partial charge in [0.25, 0.3) is 0 Å². The zero-order valence-corrected chi connectivity index (χ0v) is 19.4. The Morgan fingerprint density at radius 2 is 1.88 bits per heavy atom. The maximum atomic E-state index is 12.5. The molecule has 1 unspecified atom stereocenters. The van der Waals surface area contributed by atoms with Gasteiger partial charge >= 0.3 is 17.9 Å². The summed E-state index contributed by atoms with van der Waals surface area (Å²) in [5.74, 6) is -1.65. The molecule has 176 valence electrons. The molecule has 1 aliphatic carbocycles. The molecule has 32 heavy (non-hydrogen) atoms. The first-order valence-corrected chi connectivity index (χ1v) is 10.9. The summed E-state index contributed by atoms with van der Waals surface area (Å²) in [6.45, 7) is 4.72. The topological polar surface area (TPSA) is 96.0 Å². The lowest BCUT2D eigenvalue weighted by atomic mass is 9.91. The predicted molar refractivity (Wildman–Crippen MR) is 121 cm³/mol. The molecule has 0 saturated carbocycles. The molecular formula is C25H34O7. The molecule has 0 amide bonds. The van der Waals surface area contributed by atoms with E-state index in [4.69, 9.17) is 9.47 Å². The van der Waals surface area contributed by atoms with Crippen molar-refractivity contribution >= 4 is 23.7 Å². The summed E-state index contributed by atoms with van der Waals surface area (Å²) in [4.78, 5) is 47.0. The first-order valence-electron chi connectivity index (χ1n) is 10.9. The van der Waals surface area contributed by atoms with E-state index in [-0.39, 0.29) is 18.6 Å². The second-order valence-electron chi connectivity index (χ2n) is 7.58. The molecule has 0 fully saturated rings. The number of esters is 3. The third-order valence-electron chi connectivity index (χ3n) is 4.88. The maximum absolute atomic E-state index is 12.5. The summed E-state index contributed by atoms with van der Waals surface area (Å²) >= 11 is 0. The van der Waals surface area contributed by atoms with Gasteiger partial charge in [0.15, 0.2) is 11.4 Å². The Balaban J connectivity index is 3.02. The Morgan fingerprint density at radius 1 is 1.12 bits per heavy atom. The average Bonchev–Trinajstić information content (AvgIpc) is 3.03. The van der Waals surface area contributed by atoms with E-state index >= 15 is 0 Å². The number of carbonyl (C=O) groups is 4. The van der Waals surface area contributed by atoms with E-state index in [9.17, 15) is 19.2 Å². The van der Waals surface area contributed by atoms with Crippen molar-refractivity contribution in [3.05, 3.63) is 48.1 Å². The Labute approximate surface area is 190 Å². The van der Waals surface area contributed by atoms with Gasteiger partial charge in [-0.1, -0.05) is 44.1 Å². The number of carbonyl (C=O) groups excluding carboxylic acids is 4. The van der Waals surface area contributed by atoms with Crippen molar-refractivity contribution in [2.75, 3.05) is 7.11 Å². The van der Waals surface area contributed by atoms with Crippen LogP contribution in [0.2, 0.25) is 0 Å². The monoisotopic (exact) mass is 446 g/mol. The third kappa shape index (κ3) is 9.45. The number of allylic oxidation sites excluding steroid dienone is 4.